The van der Waals surface area contributed by atoms with E-state index < -0.39 is 0 Å². The Balaban J connectivity index is 1.50. The molecule has 1 amide bonds. The van der Waals surface area contributed by atoms with Crippen LogP contribution in [0.3, 0.4) is 0 Å². The topological polar surface area (TPSA) is 45.9 Å². The minimum atomic E-state index is -0.106. The van der Waals surface area contributed by atoms with Crippen molar-refractivity contribution >= 4 is 11.6 Å². The smallest absolute Gasteiger partial charge is 0.294 e. The molecule has 0 N–H and O–H groups in total. The van der Waals surface area contributed by atoms with Gasteiger partial charge in [-0.2, -0.15) is 0 Å². The van der Waals surface area contributed by atoms with Gasteiger partial charge in [0.1, 0.15) is 5.75 Å². The fourth-order valence-corrected chi connectivity index (χ4v) is 4.06. The van der Waals surface area contributed by atoms with Gasteiger partial charge in [0.25, 0.3) is 5.91 Å². The van der Waals surface area contributed by atoms with Gasteiger partial charge in [-0.05, 0) is 49.6 Å². The van der Waals surface area contributed by atoms with Gasteiger partial charge in [-0.15, -0.1) is 0 Å². The summed E-state index contributed by atoms with van der Waals surface area (Å²) in [5.74, 6) is 0.992. The van der Waals surface area contributed by atoms with E-state index >= 15 is 0 Å². The highest BCUT2D eigenvalue weighted by Gasteiger charge is 2.31. The second-order valence-electron chi connectivity index (χ2n) is 7.85. The first-order valence-electron chi connectivity index (χ1n) is 10.4. The van der Waals surface area contributed by atoms with Gasteiger partial charge in [0.05, 0.1) is 13.4 Å². The van der Waals surface area contributed by atoms with Crippen LogP contribution in [0.25, 0.3) is 0 Å². The van der Waals surface area contributed by atoms with E-state index in [-0.39, 0.29) is 11.9 Å². The van der Waals surface area contributed by atoms with Crippen molar-refractivity contribution in [2.45, 2.75) is 32.4 Å². The van der Waals surface area contributed by atoms with Crippen LogP contribution in [0.5, 0.6) is 5.75 Å². The number of hydrogen-bond donors (Lipinski definition) is 0. The van der Waals surface area contributed by atoms with Gasteiger partial charge in [0, 0.05) is 37.4 Å². The summed E-state index contributed by atoms with van der Waals surface area (Å²) in [6.07, 6.45) is 3.37. The van der Waals surface area contributed by atoms with Gasteiger partial charge in [-0.3, -0.25) is 9.69 Å². The number of aryl methyl sites for hydroxylation is 1. The third-order valence-corrected chi connectivity index (χ3v) is 5.73. The average Bonchev–Trinajstić information content (AvgIpc) is 3.32. The monoisotopic (exact) mass is 404 g/mol. The van der Waals surface area contributed by atoms with Crippen molar-refractivity contribution in [1.29, 1.82) is 0 Å². The quantitative estimate of drug-likeness (QED) is 0.586. The molecule has 30 heavy (non-hydrogen) atoms. The Morgan fingerprint density at radius 2 is 1.87 bits per heavy atom. The van der Waals surface area contributed by atoms with E-state index in [4.69, 9.17) is 9.15 Å². The van der Waals surface area contributed by atoms with Gasteiger partial charge in [-0.25, -0.2) is 0 Å². The summed E-state index contributed by atoms with van der Waals surface area (Å²) < 4.78 is 10.8. The van der Waals surface area contributed by atoms with Crippen LogP contribution in [0, 0.1) is 6.92 Å². The lowest BCUT2D eigenvalue weighted by Gasteiger charge is -2.38. The SMILES string of the molecule is COc1cccc(N(C(=O)c2ccco2)C2CCN(Cc3ccc(C)cc3)CC2)c1. The van der Waals surface area contributed by atoms with Crippen LogP contribution in [0.15, 0.2) is 71.3 Å². The zero-order valence-corrected chi connectivity index (χ0v) is 17.6. The van der Waals surface area contributed by atoms with Gasteiger partial charge in [0.15, 0.2) is 5.76 Å². The molecule has 0 aliphatic carbocycles. The molecule has 0 unspecified atom stereocenters. The zero-order chi connectivity index (χ0) is 20.9. The lowest BCUT2D eigenvalue weighted by atomic mass is 10.0. The summed E-state index contributed by atoms with van der Waals surface area (Å²) in [5, 5.41) is 0. The second kappa shape index (κ2) is 9.18. The van der Waals surface area contributed by atoms with E-state index in [1.165, 1.54) is 11.1 Å². The van der Waals surface area contributed by atoms with Crippen molar-refractivity contribution in [2.24, 2.45) is 0 Å². The maximum absolute atomic E-state index is 13.3. The van der Waals surface area contributed by atoms with E-state index in [0.29, 0.717) is 5.76 Å². The molecule has 1 aliphatic rings. The molecule has 2 heterocycles. The van der Waals surface area contributed by atoms with Crippen molar-refractivity contribution in [3.63, 3.8) is 0 Å². The number of methoxy groups -OCH3 is 1. The van der Waals surface area contributed by atoms with Crippen molar-refractivity contribution in [3.05, 3.63) is 83.8 Å². The first kappa shape index (κ1) is 20.2. The van der Waals surface area contributed by atoms with Crippen LogP contribution in [0.4, 0.5) is 5.69 Å². The summed E-state index contributed by atoms with van der Waals surface area (Å²) >= 11 is 0. The van der Waals surface area contributed by atoms with Gasteiger partial charge in [0.2, 0.25) is 0 Å². The molecule has 0 bridgehead atoms. The largest absolute Gasteiger partial charge is 0.497 e. The predicted octanol–water partition coefficient (Wildman–Crippen LogP) is 4.91. The van der Waals surface area contributed by atoms with Crippen molar-refractivity contribution in [1.82, 2.24) is 4.90 Å². The molecular formula is C25H28N2O3. The number of benzene rings is 2. The number of rotatable bonds is 6. The van der Waals surface area contributed by atoms with E-state index in [2.05, 4.69) is 36.1 Å². The Bertz CT molecular complexity index is 958. The molecule has 156 valence electrons. The molecule has 5 nitrogen and oxygen atoms in total. The number of furan rings is 1. The molecule has 5 heteroatoms. The van der Waals surface area contributed by atoms with Crippen LogP contribution in [-0.2, 0) is 6.54 Å². The molecule has 4 rings (SSSR count). The summed E-state index contributed by atoms with van der Waals surface area (Å²) in [6.45, 7) is 4.95. The number of carbonyl (C=O) groups is 1. The van der Waals surface area contributed by atoms with Gasteiger partial charge < -0.3 is 14.1 Å². The first-order chi connectivity index (χ1) is 14.6. The van der Waals surface area contributed by atoms with Crippen molar-refractivity contribution in [3.8, 4) is 5.75 Å². The Labute approximate surface area is 177 Å². The molecular weight excluding hydrogens is 376 g/mol. The van der Waals surface area contributed by atoms with Crippen LogP contribution in [-0.4, -0.2) is 37.0 Å². The lowest BCUT2D eigenvalue weighted by Crippen LogP contribution is -2.47. The Morgan fingerprint density at radius 1 is 1.10 bits per heavy atom. The van der Waals surface area contributed by atoms with Gasteiger partial charge in [-0.1, -0.05) is 35.9 Å². The fourth-order valence-electron chi connectivity index (χ4n) is 4.06. The van der Waals surface area contributed by atoms with E-state index in [1.54, 1.807) is 25.5 Å². The molecule has 0 spiro atoms. The number of ether oxygens (including phenoxy) is 1. The second-order valence-corrected chi connectivity index (χ2v) is 7.85. The summed E-state index contributed by atoms with van der Waals surface area (Å²) in [5.41, 5.74) is 3.45. The summed E-state index contributed by atoms with van der Waals surface area (Å²) in [6, 6.07) is 20.0. The summed E-state index contributed by atoms with van der Waals surface area (Å²) in [7, 11) is 1.64. The van der Waals surface area contributed by atoms with Crippen LogP contribution >= 0.6 is 0 Å². The molecule has 0 saturated carbocycles. The number of piperidine rings is 1. The highest BCUT2D eigenvalue weighted by Crippen LogP contribution is 2.29. The maximum Gasteiger partial charge on any atom is 0.294 e. The van der Waals surface area contributed by atoms with Crippen LogP contribution < -0.4 is 9.64 Å². The van der Waals surface area contributed by atoms with Crippen LogP contribution in [0.1, 0.15) is 34.5 Å². The van der Waals surface area contributed by atoms with Crippen molar-refractivity contribution < 1.29 is 13.9 Å². The maximum atomic E-state index is 13.3. The zero-order valence-electron chi connectivity index (χ0n) is 17.6. The molecule has 0 atom stereocenters. The Hall–Kier alpha value is -3.05. The van der Waals surface area contributed by atoms with Crippen molar-refractivity contribution in [2.75, 3.05) is 25.1 Å². The normalized spacial score (nSPS) is 15.1. The molecule has 3 aromatic rings. The Morgan fingerprint density at radius 3 is 2.53 bits per heavy atom. The molecule has 1 aliphatic heterocycles. The van der Waals surface area contributed by atoms with E-state index in [0.717, 1.165) is 43.9 Å². The first-order valence-corrected chi connectivity index (χ1v) is 10.4. The van der Waals surface area contributed by atoms with Gasteiger partial charge >= 0.3 is 0 Å². The number of carbonyl (C=O) groups excluding carboxylic acids is 1. The number of nitrogens with zero attached hydrogens (tertiary/aromatic N) is 2. The Kier molecular flexibility index (Phi) is 6.19. The lowest BCUT2D eigenvalue weighted by molar-refractivity contribution is 0.0931. The molecule has 1 saturated heterocycles. The fraction of sp³-hybridized carbons (Fsp3) is 0.320. The van der Waals surface area contributed by atoms with Crippen LogP contribution in [0.2, 0.25) is 0 Å². The molecule has 2 aromatic carbocycles. The van der Waals surface area contributed by atoms with E-state index in [1.807, 2.05) is 29.2 Å². The standard InChI is InChI=1S/C25H28N2O3/c1-19-8-10-20(11-9-19)18-26-14-12-21(13-15-26)27(25(28)24-7-4-16-30-24)22-5-3-6-23(17-22)29-2/h3-11,16-17,21H,12-15,18H2,1-2H3. The number of hydrogen-bond acceptors (Lipinski definition) is 4. The minimum Gasteiger partial charge on any atom is -0.497 e. The third-order valence-electron chi connectivity index (χ3n) is 5.73. The molecule has 1 fully saturated rings. The highest BCUT2D eigenvalue weighted by atomic mass is 16.5. The minimum absolute atomic E-state index is 0.106. The highest BCUT2D eigenvalue weighted by molar-refractivity contribution is 6.04. The summed E-state index contributed by atoms with van der Waals surface area (Å²) in [4.78, 5) is 17.6. The predicted molar refractivity (Wildman–Crippen MR) is 118 cm³/mol. The average molecular weight is 405 g/mol. The molecule has 0 radical (unpaired) electrons. The van der Waals surface area contributed by atoms with E-state index in [9.17, 15) is 4.79 Å². The number of amides is 1. The number of likely N-dealkylation sites (tertiary alicyclic amines) is 1. The number of anilines is 1. The third kappa shape index (κ3) is 4.57. The molecule has 1 aromatic heterocycles.